The summed E-state index contributed by atoms with van der Waals surface area (Å²) in [6.07, 6.45) is 5.82. The molecule has 1 heterocycles. The summed E-state index contributed by atoms with van der Waals surface area (Å²) >= 11 is 0. The van der Waals surface area contributed by atoms with Crippen LogP contribution < -0.4 is 10.6 Å². The Bertz CT molecular complexity index is 767. The molecule has 0 radical (unpaired) electrons. The number of nitrogens with zero attached hydrogens (tertiary/aromatic N) is 1. The van der Waals surface area contributed by atoms with Crippen LogP contribution in [-0.2, 0) is 0 Å². The van der Waals surface area contributed by atoms with Crippen molar-refractivity contribution in [2.75, 3.05) is 0 Å². The van der Waals surface area contributed by atoms with Gasteiger partial charge in [-0.3, -0.25) is 0 Å². The van der Waals surface area contributed by atoms with Gasteiger partial charge in [-0.1, -0.05) is 42.5 Å². The van der Waals surface area contributed by atoms with Gasteiger partial charge in [0.25, 0.3) is 0 Å². The van der Waals surface area contributed by atoms with Crippen molar-refractivity contribution < 1.29 is 0 Å². The first-order valence-corrected chi connectivity index (χ1v) is 6.91. The van der Waals surface area contributed by atoms with E-state index >= 15 is 0 Å². The first-order valence-electron chi connectivity index (χ1n) is 6.91. The normalized spacial score (nSPS) is 12.8. The average Bonchev–Trinajstić information content (AvgIpc) is 2.43. The molecule has 0 aliphatic rings. The molecule has 20 heavy (non-hydrogen) atoms. The molecule has 0 amide bonds. The molecule has 0 atom stereocenters. The van der Waals surface area contributed by atoms with Crippen molar-refractivity contribution in [1.82, 2.24) is 4.98 Å². The average molecular weight is 263 g/mol. The zero-order valence-corrected chi connectivity index (χ0v) is 12.7. The molecule has 0 aliphatic heterocycles. The van der Waals surface area contributed by atoms with Crippen LogP contribution in [-0.4, -0.2) is 4.98 Å². The summed E-state index contributed by atoms with van der Waals surface area (Å²) in [5.74, 6) is 0. The Morgan fingerprint density at radius 1 is 1.10 bits per heavy atom. The lowest BCUT2D eigenvalue weighted by molar-refractivity contribution is 1.20. The number of aromatic nitrogens is 1. The Hall–Kier alpha value is -2.15. The molecule has 0 saturated heterocycles. The van der Waals surface area contributed by atoms with E-state index < -0.39 is 0 Å². The van der Waals surface area contributed by atoms with Gasteiger partial charge in [0.15, 0.2) is 0 Å². The Labute approximate surface area is 121 Å². The SMILES string of the molecule is C=C/C=c1/ccc(-c2cc(C)cc(C)c2C)n/c1=C/C. The maximum absolute atomic E-state index is 4.79. The number of allylic oxidation sites excluding steroid dienone is 1. The third-order valence-corrected chi connectivity index (χ3v) is 3.62. The highest BCUT2D eigenvalue weighted by atomic mass is 14.7. The van der Waals surface area contributed by atoms with Crippen LogP contribution in [0.1, 0.15) is 23.6 Å². The van der Waals surface area contributed by atoms with Crippen LogP contribution in [0.2, 0.25) is 0 Å². The lowest BCUT2D eigenvalue weighted by Crippen LogP contribution is -2.27. The zero-order valence-electron chi connectivity index (χ0n) is 12.7. The minimum Gasteiger partial charge on any atom is -0.248 e. The minimum atomic E-state index is 1.00. The Kier molecular flexibility index (Phi) is 4.19. The van der Waals surface area contributed by atoms with Crippen molar-refractivity contribution in [2.24, 2.45) is 0 Å². The van der Waals surface area contributed by atoms with E-state index in [0.29, 0.717) is 0 Å². The summed E-state index contributed by atoms with van der Waals surface area (Å²) in [5.41, 5.74) is 6.13. The monoisotopic (exact) mass is 263 g/mol. The van der Waals surface area contributed by atoms with E-state index in [9.17, 15) is 0 Å². The minimum absolute atomic E-state index is 1.00. The number of hydrogen-bond acceptors (Lipinski definition) is 1. The number of benzene rings is 1. The fourth-order valence-corrected chi connectivity index (χ4v) is 2.44. The summed E-state index contributed by atoms with van der Waals surface area (Å²) < 4.78 is 0. The second-order valence-electron chi connectivity index (χ2n) is 5.12. The van der Waals surface area contributed by atoms with Gasteiger partial charge in [-0.05, 0) is 56.2 Å². The highest BCUT2D eigenvalue weighted by Crippen LogP contribution is 2.24. The first-order chi connectivity index (χ1) is 9.56. The molecule has 1 nitrogen and oxygen atoms in total. The molecule has 0 N–H and O–H groups in total. The van der Waals surface area contributed by atoms with Gasteiger partial charge in [0.05, 0.1) is 11.0 Å². The number of hydrogen-bond donors (Lipinski definition) is 0. The quantitative estimate of drug-likeness (QED) is 0.809. The van der Waals surface area contributed by atoms with Crippen LogP contribution in [0.4, 0.5) is 0 Å². The Morgan fingerprint density at radius 2 is 1.85 bits per heavy atom. The molecule has 0 unspecified atom stereocenters. The van der Waals surface area contributed by atoms with Gasteiger partial charge >= 0.3 is 0 Å². The van der Waals surface area contributed by atoms with E-state index in [1.165, 1.54) is 22.3 Å². The Balaban J connectivity index is 2.73. The second-order valence-corrected chi connectivity index (χ2v) is 5.12. The summed E-state index contributed by atoms with van der Waals surface area (Å²) in [6, 6.07) is 8.62. The summed E-state index contributed by atoms with van der Waals surface area (Å²) in [6.45, 7) is 12.2. The fraction of sp³-hybridized carbons (Fsp3) is 0.211. The molecule has 0 aliphatic carbocycles. The number of rotatable bonds is 2. The molecule has 0 fully saturated rings. The summed E-state index contributed by atoms with van der Waals surface area (Å²) in [4.78, 5) is 4.79. The molecular weight excluding hydrogens is 242 g/mol. The van der Waals surface area contributed by atoms with Crippen molar-refractivity contribution in [3.05, 3.63) is 64.2 Å². The topological polar surface area (TPSA) is 12.9 Å². The predicted molar refractivity (Wildman–Crippen MR) is 87.9 cm³/mol. The van der Waals surface area contributed by atoms with Gasteiger partial charge in [-0.2, -0.15) is 0 Å². The smallest absolute Gasteiger partial charge is 0.0712 e. The molecule has 102 valence electrons. The Morgan fingerprint density at radius 3 is 2.50 bits per heavy atom. The van der Waals surface area contributed by atoms with Gasteiger partial charge in [0.2, 0.25) is 0 Å². The van der Waals surface area contributed by atoms with Crippen molar-refractivity contribution in [2.45, 2.75) is 27.7 Å². The van der Waals surface area contributed by atoms with E-state index in [0.717, 1.165) is 16.3 Å². The van der Waals surface area contributed by atoms with Crippen LogP contribution >= 0.6 is 0 Å². The highest BCUT2D eigenvalue weighted by Gasteiger charge is 2.06. The lowest BCUT2D eigenvalue weighted by atomic mass is 9.97. The van der Waals surface area contributed by atoms with Crippen LogP contribution in [0.15, 0.2) is 36.9 Å². The van der Waals surface area contributed by atoms with Crippen molar-refractivity contribution in [1.29, 1.82) is 0 Å². The standard InChI is InChI=1S/C19H21N/c1-6-8-16-9-10-19(20-18(16)7-2)17-12-13(3)11-14(4)15(17)5/h6-12H,1H2,2-5H3/b16-8-,18-7+. The lowest BCUT2D eigenvalue weighted by Gasteiger charge is -2.10. The van der Waals surface area contributed by atoms with Gasteiger partial charge in [-0.25, -0.2) is 4.98 Å². The molecule has 0 spiro atoms. The van der Waals surface area contributed by atoms with Crippen molar-refractivity contribution in [3.8, 4) is 11.3 Å². The van der Waals surface area contributed by atoms with Gasteiger partial charge < -0.3 is 0 Å². The van der Waals surface area contributed by atoms with E-state index in [2.05, 4.69) is 51.6 Å². The molecule has 0 saturated carbocycles. The predicted octanol–water partition coefficient (Wildman–Crippen LogP) is 3.44. The first kappa shape index (κ1) is 14.3. The zero-order chi connectivity index (χ0) is 14.7. The molecule has 1 heteroatoms. The van der Waals surface area contributed by atoms with Crippen LogP contribution in [0.25, 0.3) is 23.4 Å². The molecule has 1 aromatic carbocycles. The van der Waals surface area contributed by atoms with Gasteiger partial charge in [0, 0.05) is 5.56 Å². The maximum atomic E-state index is 4.79. The van der Waals surface area contributed by atoms with Crippen LogP contribution in [0.3, 0.4) is 0 Å². The largest absolute Gasteiger partial charge is 0.248 e. The van der Waals surface area contributed by atoms with Gasteiger partial charge in [-0.15, -0.1) is 0 Å². The van der Waals surface area contributed by atoms with E-state index in [-0.39, 0.29) is 0 Å². The third kappa shape index (κ3) is 2.72. The molecule has 2 rings (SSSR count). The molecule has 2 aromatic rings. The molecular formula is C19H21N. The van der Waals surface area contributed by atoms with Crippen molar-refractivity contribution >= 4 is 12.2 Å². The van der Waals surface area contributed by atoms with E-state index in [1.807, 2.05) is 19.1 Å². The third-order valence-electron chi connectivity index (χ3n) is 3.62. The van der Waals surface area contributed by atoms with Crippen LogP contribution in [0.5, 0.6) is 0 Å². The maximum Gasteiger partial charge on any atom is 0.0712 e. The second kappa shape index (κ2) is 5.87. The molecule has 0 bridgehead atoms. The number of pyridine rings is 1. The summed E-state index contributed by atoms with van der Waals surface area (Å²) in [5, 5.41) is 2.11. The van der Waals surface area contributed by atoms with E-state index in [4.69, 9.17) is 4.98 Å². The summed E-state index contributed by atoms with van der Waals surface area (Å²) in [7, 11) is 0. The highest BCUT2D eigenvalue weighted by molar-refractivity contribution is 5.66. The van der Waals surface area contributed by atoms with Crippen LogP contribution in [0, 0.1) is 20.8 Å². The fourth-order valence-electron chi connectivity index (χ4n) is 2.44. The van der Waals surface area contributed by atoms with Gasteiger partial charge in [0.1, 0.15) is 0 Å². The number of aryl methyl sites for hydroxylation is 2. The van der Waals surface area contributed by atoms with E-state index in [1.54, 1.807) is 6.08 Å². The van der Waals surface area contributed by atoms with Crippen molar-refractivity contribution in [3.63, 3.8) is 0 Å². The molecule has 1 aromatic heterocycles.